The normalized spacial score (nSPS) is 10.3. The average molecular weight is 378 g/mol. The first kappa shape index (κ1) is 18.5. The van der Waals surface area contributed by atoms with Crippen LogP contribution in [-0.2, 0) is 16.1 Å². The highest BCUT2D eigenvalue weighted by atomic mass is 32.1. The van der Waals surface area contributed by atoms with Crippen molar-refractivity contribution in [1.29, 1.82) is 0 Å². The van der Waals surface area contributed by atoms with E-state index < -0.39 is 11.8 Å². The lowest BCUT2D eigenvalue weighted by molar-refractivity contribution is -0.136. The van der Waals surface area contributed by atoms with Gasteiger partial charge in [0.05, 0.1) is 11.4 Å². The van der Waals surface area contributed by atoms with Crippen molar-refractivity contribution in [3.8, 4) is 0 Å². The van der Waals surface area contributed by atoms with Gasteiger partial charge in [0.2, 0.25) is 5.78 Å². The standard InChI is InChI=1S/C21H18N2O3S/c1-14-7-5-6-10-17(14)23-21(26)20(25)22-13-16-11-12-18(27-16)19(24)15-8-3-2-4-9-15/h2-12H,13H2,1H3,(H,22,25)(H,23,26). The molecule has 0 atom stereocenters. The summed E-state index contributed by atoms with van der Waals surface area (Å²) >= 11 is 1.30. The Balaban J connectivity index is 1.56. The number of rotatable bonds is 5. The summed E-state index contributed by atoms with van der Waals surface area (Å²) in [4.78, 5) is 37.8. The highest BCUT2D eigenvalue weighted by Crippen LogP contribution is 2.20. The van der Waals surface area contributed by atoms with Crippen molar-refractivity contribution in [2.24, 2.45) is 0 Å². The number of thiophene rings is 1. The van der Waals surface area contributed by atoms with Crippen LogP contribution in [-0.4, -0.2) is 17.6 Å². The fraction of sp³-hybridized carbons (Fsp3) is 0.0952. The van der Waals surface area contributed by atoms with Gasteiger partial charge < -0.3 is 10.6 Å². The summed E-state index contributed by atoms with van der Waals surface area (Å²) in [7, 11) is 0. The maximum absolute atomic E-state index is 12.4. The van der Waals surface area contributed by atoms with E-state index in [9.17, 15) is 14.4 Å². The second-order valence-electron chi connectivity index (χ2n) is 5.91. The van der Waals surface area contributed by atoms with E-state index in [-0.39, 0.29) is 12.3 Å². The lowest BCUT2D eigenvalue weighted by Gasteiger charge is -2.08. The summed E-state index contributed by atoms with van der Waals surface area (Å²) < 4.78 is 0. The quantitative estimate of drug-likeness (QED) is 0.527. The zero-order valence-electron chi connectivity index (χ0n) is 14.7. The second-order valence-corrected chi connectivity index (χ2v) is 7.08. The van der Waals surface area contributed by atoms with Crippen molar-refractivity contribution >= 4 is 34.6 Å². The van der Waals surface area contributed by atoms with Crippen LogP contribution in [0.15, 0.2) is 66.7 Å². The van der Waals surface area contributed by atoms with Crippen LogP contribution in [0.3, 0.4) is 0 Å². The van der Waals surface area contributed by atoms with Crippen LogP contribution in [0.4, 0.5) is 5.69 Å². The summed E-state index contributed by atoms with van der Waals surface area (Å²) in [6.07, 6.45) is 0. The predicted molar refractivity (Wildman–Crippen MR) is 106 cm³/mol. The molecule has 0 aliphatic carbocycles. The molecule has 3 aromatic rings. The molecule has 0 aliphatic rings. The van der Waals surface area contributed by atoms with E-state index in [4.69, 9.17) is 0 Å². The molecule has 0 radical (unpaired) electrons. The van der Waals surface area contributed by atoms with Gasteiger partial charge in [-0.25, -0.2) is 0 Å². The number of para-hydroxylation sites is 1. The molecule has 6 heteroatoms. The van der Waals surface area contributed by atoms with Gasteiger partial charge in [-0.15, -0.1) is 11.3 Å². The van der Waals surface area contributed by atoms with Crippen molar-refractivity contribution in [3.63, 3.8) is 0 Å². The largest absolute Gasteiger partial charge is 0.343 e. The molecule has 0 saturated heterocycles. The monoisotopic (exact) mass is 378 g/mol. The minimum atomic E-state index is -0.721. The highest BCUT2D eigenvalue weighted by Gasteiger charge is 2.16. The Kier molecular flexibility index (Phi) is 5.78. The van der Waals surface area contributed by atoms with Crippen molar-refractivity contribution in [1.82, 2.24) is 5.32 Å². The number of hydrogen-bond donors (Lipinski definition) is 2. The molecule has 27 heavy (non-hydrogen) atoms. The molecule has 0 spiro atoms. The van der Waals surface area contributed by atoms with E-state index >= 15 is 0 Å². The van der Waals surface area contributed by atoms with Gasteiger partial charge in [0, 0.05) is 16.1 Å². The molecule has 136 valence electrons. The SMILES string of the molecule is Cc1ccccc1NC(=O)C(=O)NCc1ccc(C(=O)c2ccccc2)s1. The highest BCUT2D eigenvalue weighted by molar-refractivity contribution is 7.14. The maximum Gasteiger partial charge on any atom is 0.313 e. The third kappa shape index (κ3) is 4.68. The Hall–Kier alpha value is -3.25. The molecule has 0 fully saturated rings. The smallest absolute Gasteiger partial charge is 0.313 e. The molecule has 2 amide bonds. The van der Waals surface area contributed by atoms with Gasteiger partial charge in [0.25, 0.3) is 0 Å². The molecule has 2 aromatic carbocycles. The molecule has 1 aromatic heterocycles. The molecule has 1 heterocycles. The summed E-state index contributed by atoms with van der Waals surface area (Å²) in [6.45, 7) is 2.04. The number of carbonyl (C=O) groups excluding carboxylic acids is 3. The molecule has 0 saturated carbocycles. The Labute approximate surface area is 161 Å². The Morgan fingerprint density at radius 2 is 1.56 bits per heavy atom. The molecule has 2 N–H and O–H groups in total. The van der Waals surface area contributed by atoms with Crippen LogP contribution in [0, 0.1) is 6.92 Å². The third-order valence-corrected chi connectivity index (χ3v) is 5.03. The van der Waals surface area contributed by atoms with E-state index in [0.717, 1.165) is 10.4 Å². The van der Waals surface area contributed by atoms with Crippen molar-refractivity contribution in [3.05, 3.63) is 87.6 Å². The number of amides is 2. The zero-order chi connectivity index (χ0) is 19.2. The van der Waals surface area contributed by atoms with E-state index in [1.54, 1.807) is 36.4 Å². The molecule has 0 unspecified atom stereocenters. The lowest BCUT2D eigenvalue weighted by atomic mass is 10.1. The molecule has 5 nitrogen and oxygen atoms in total. The Bertz CT molecular complexity index is 980. The summed E-state index contributed by atoms with van der Waals surface area (Å²) in [5.41, 5.74) is 2.10. The number of carbonyl (C=O) groups is 3. The van der Waals surface area contributed by atoms with Gasteiger partial charge in [0.1, 0.15) is 0 Å². The van der Waals surface area contributed by atoms with E-state index in [1.807, 2.05) is 37.3 Å². The summed E-state index contributed by atoms with van der Waals surface area (Å²) in [5, 5.41) is 5.17. The zero-order valence-corrected chi connectivity index (χ0v) is 15.5. The maximum atomic E-state index is 12.4. The first-order valence-corrected chi connectivity index (χ1v) is 9.19. The van der Waals surface area contributed by atoms with Crippen molar-refractivity contribution in [2.45, 2.75) is 13.5 Å². The van der Waals surface area contributed by atoms with E-state index in [0.29, 0.717) is 16.1 Å². The Morgan fingerprint density at radius 3 is 2.30 bits per heavy atom. The van der Waals surface area contributed by atoms with Crippen LogP contribution in [0.25, 0.3) is 0 Å². The van der Waals surface area contributed by atoms with Gasteiger partial charge >= 0.3 is 11.8 Å². The summed E-state index contributed by atoms with van der Waals surface area (Å²) in [6, 6.07) is 19.8. The number of nitrogens with one attached hydrogen (secondary N) is 2. The first-order valence-electron chi connectivity index (χ1n) is 8.38. The second kappa shape index (κ2) is 8.42. The fourth-order valence-electron chi connectivity index (χ4n) is 2.47. The topological polar surface area (TPSA) is 75.3 Å². The average Bonchev–Trinajstić information content (AvgIpc) is 3.17. The number of anilines is 1. The molecule has 0 bridgehead atoms. The van der Waals surface area contributed by atoms with E-state index in [1.165, 1.54) is 11.3 Å². The van der Waals surface area contributed by atoms with Crippen LogP contribution >= 0.6 is 11.3 Å². The van der Waals surface area contributed by atoms with Crippen molar-refractivity contribution in [2.75, 3.05) is 5.32 Å². The molecular formula is C21H18N2O3S. The van der Waals surface area contributed by atoms with Gasteiger partial charge in [-0.1, -0.05) is 48.5 Å². The number of ketones is 1. The van der Waals surface area contributed by atoms with E-state index in [2.05, 4.69) is 10.6 Å². The van der Waals surface area contributed by atoms with Gasteiger partial charge in [-0.05, 0) is 30.7 Å². The number of hydrogen-bond acceptors (Lipinski definition) is 4. The van der Waals surface area contributed by atoms with Crippen LogP contribution in [0.1, 0.15) is 25.7 Å². The van der Waals surface area contributed by atoms with Gasteiger partial charge in [0.15, 0.2) is 0 Å². The van der Waals surface area contributed by atoms with Crippen molar-refractivity contribution < 1.29 is 14.4 Å². The third-order valence-electron chi connectivity index (χ3n) is 3.94. The summed E-state index contributed by atoms with van der Waals surface area (Å²) in [5.74, 6) is -1.50. The van der Waals surface area contributed by atoms with Crippen LogP contribution < -0.4 is 10.6 Å². The molecule has 0 aliphatic heterocycles. The van der Waals surface area contributed by atoms with Crippen LogP contribution in [0.5, 0.6) is 0 Å². The predicted octanol–water partition coefficient (Wildman–Crippen LogP) is 3.54. The first-order chi connectivity index (χ1) is 13.0. The minimum absolute atomic E-state index is 0.0597. The molecule has 3 rings (SSSR count). The fourth-order valence-corrected chi connectivity index (χ4v) is 3.38. The number of benzene rings is 2. The Morgan fingerprint density at radius 1 is 0.852 bits per heavy atom. The van der Waals surface area contributed by atoms with Gasteiger partial charge in [-0.3, -0.25) is 14.4 Å². The van der Waals surface area contributed by atoms with Gasteiger partial charge in [-0.2, -0.15) is 0 Å². The van der Waals surface area contributed by atoms with Crippen LogP contribution in [0.2, 0.25) is 0 Å². The molecular weight excluding hydrogens is 360 g/mol. The number of aryl methyl sites for hydroxylation is 1. The lowest BCUT2D eigenvalue weighted by Crippen LogP contribution is -2.34. The minimum Gasteiger partial charge on any atom is -0.343 e.